The quantitative estimate of drug-likeness (QED) is 0.168. The van der Waals surface area contributed by atoms with Crippen molar-refractivity contribution in [3.05, 3.63) is 194 Å². The van der Waals surface area contributed by atoms with Gasteiger partial charge in [-0.25, -0.2) is 23.4 Å². The minimum absolute atomic E-state index is 0.363. The van der Waals surface area contributed by atoms with Crippen molar-refractivity contribution in [2.45, 2.75) is 9.79 Å². The molecule has 0 fully saturated rings. The highest BCUT2D eigenvalue weighted by Crippen LogP contribution is 2.47. The van der Waals surface area contributed by atoms with Gasteiger partial charge in [-0.2, -0.15) is 0 Å². The molecule has 7 heteroatoms. The Balaban J connectivity index is 0.982. The van der Waals surface area contributed by atoms with Crippen LogP contribution in [0.25, 0.3) is 95.0 Å². The van der Waals surface area contributed by atoms with E-state index in [9.17, 15) is 8.42 Å². The second-order valence-corrected chi connectivity index (χ2v) is 16.3. The van der Waals surface area contributed by atoms with Crippen molar-refractivity contribution in [1.29, 1.82) is 0 Å². The molecule has 11 rings (SSSR count). The first kappa shape index (κ1) is 33.8. The van der Waals surface area contributed by atoms with E-state index < -0.39 is 9.84 Å². The van der Waals surface area contributed by atoms with Gasteiger partial charge in [0.15, 0.2) is 17.5 Å². The smallest absolute Gasteiger partial charge is 0.208 e. The molecule has 0 spiro atoms. The summed E-state index contributed by atoms with van der Waals surface area (Å²) in [5.74, 6) is 1.87. The molecule has 0 saturated carbocycles. The second kappa shape index (κ2) is 13.3. The summed E-state index contributed by atoms with van der Waals surface area (Å²) in [4.78, 5) is 15.4. The van der Waals surface area contributed by atoms with E-state index >= 15 is 0 Å². The van der Waals surface area contributed by atoms with Crippen LogP contribution in [-0.2, 0) is 9.84 Å². The van der Waals surface area contributed by atoms with Gasteiger partial charge in [-0.3, -0.25) is 0 Å². The van der Waals surface area contributed by atoms with Crippen LogP contribution in [0.5, 0.6) is 0 Å². The molecule has 0 amide bonds. The van der Waals surface area contributed by atoms with E-state index in [2.05, 4.69) is 83.4 Å². The van der Waals surface area contributed by atoms with Gasteiger partial charge >= 0.3 is 0 Å². The SMILES string of the molecule is O=S1(=O)c2ccccc2-c2cccc(-c3cccc(-n4c5ccccc5c5cc(-c6ccc(-c7nc(-c8ccccc8)nc(-c8ccccc8)n7)cc6)ccc54)c3)c21. The zero-order valence-electron chi connectivity index (χ0n) is 31.0. The first-order valence-electron chi connectivity index (χ1n) is 19.1. The van der Waals surface area contributed by atoms with Gasteiger partial charge in [0.1, 0.15) is 0 Å². The first-order chi connectivity index (χ1) is 28.5. The number of rotatable bonds is 6. The van der Waals surface area contributed by atoms with Crippen LogP contribution in [-0.4, -0.2) is 27.9 Å². The lowest BCUT2D eigenvalue weighted by atomic mass is 9.99. The lowest BCUT2D eigenvalue weighted by Crippen LogP contribution is -2.00. The highest BCUT2D eigenvalue weighted by atomic mass is 32.2. The summed E-state index contributed by atoms with van der Waals surface area (Å²) in [6.45, 7) is 0. The standard InChI is InChI=1S/C51H32N4O2S/c56-58(57)47-24-10-8-20-42(47)43-22-12-21-40(48(43)58)38-17-11-18-39(31-38)55-45-23-9-7-19-41(45)44-32-37(29-30-46(44)55)33-25-27-36(28-26-33)51-53-49(34-13-3-1-4-14-34)52-50(54-51)35-15-5-2-6-16-35/h1-32H. The molecule has 0 N–H and O–H groups in total. The predicted octanol–water partition coefficient (Wildman–Crippen LogP) is 12.1. The van der Waals surface area contributed by atoms with Crippen molar-refractivity contribution in [3.63, 3.8) is 0 Å². The van der Waals surface area contributed by atoms with Crippen LogP contribution in [0.1, 0.15) is 0 Å². The van der Waals surface area contributed by atoms with E-state index in [0.717, 1.165) is 72.0 Å². The number of sulfone groups is 1. The normalized spacial score (nSPS) is 12.8. The Morgan fingerprint density at radius 3 is 1.60 bits per heavy atom. The number of para-hydroxylation sites is 1. The number of hydrogen-bond acceptors (Lipinski definition) is 5. The predicted molar refractivity (Wildman–Crippen MR) is 232 cm³/mol. The third kappa shape index (κ3) is 5.47. The van der Waals surface area contributed by atoms with E-state index in [1.54, 1.807) is 12.1 Å². The van der Waals surface area contributed by atoms with E-state index in [1.165, 1.54) is 0 Å². The van der Waals surface area contributed by atoms with Crippen molar-refractivity contribution in [2.24, 2.45) is 0 Å². The minimum Gasteiger partial charge on any atom is -0.309 e. The van der Waals surface area contributed by atoms with Gasteiger partial charge in [0.05, 0.1) is 20.8 Å². The summed E-state index contributed by atoms with van der Waals surface area (Å²) in [5, 5.41) is 2.26. The highest BCUT2D eigenvalue weighted by Gasteiger charge is 2.35. The molecule has 0 aliphatic carbocycles. The fourth-order valence-corrected chi connectivity index (χ4v) is 10.2. The molecule has 1 aliphatic heterocycles. The van der Waals surface area contributed by atoms with Gasteiger partial charge in [-0.15, -0.1) is 0 Å². The van der Waals surface area contributed by atoms with Crippen molar-refractivity contribution >= 4 is 31.6 Å². The maximum Gasteiger partial charge on any atom is 0.208 e. The Kier molecular flexibility index (Phi) is 7.77. The fraction of sp³-hybridized carbons (Fsp3) is 0. The Morgan fingerprint density at radius 1 is 0.362 bits per heavy atom. The van der Waals surface area contributed by atoms with Crippen LogP contribution in [0.4, 0.5) is 0 Å². The van der Waals surface area contributed by atoms with Crippen LogP contribution in [0.15, 0.2) is 204 Å². The second-order valence-electron chi connectivity index (χ2n) is 14.4. The Morgan fingerprint density at radius 2 is 0.879 bits per heavy atom. The number of nitrogens with zero attached hydrogens (tertiary/aromatic N) is 4. The average Bonchev–Trinajstić information content (AvgIpc) is 3.75. The van der Waals surface area contributed by atoms with Gasteiger partial charge in [0, 0.05) is 49.8 Å². The lowest BCUT2D eigenvalue weighted by Gasteiger charge is -2.13. The van der Waals surface area contributed by atoms with Crippen molar-refractivity contribution in [3.8, 4) is 73.2 Å². The van der Waals surface area contributed by atoms with Crippen molar-refractivity contribution in [1.82, 2.24) is 19.5 Å². The zero-order chi connectivity index (χ0) is 38.8. The van der Waals surface area contributed by atoms with Crippen LogP contribution < -0.4 is 0 Å². The molecule has 0 bridgehead atoms. The largest absolute Gasteiger partial charge is 0.309 e. The molecule has 0 saturated heterocycles. The third-order valence-electron chi connectivity index (χ3n) is 11.0. The number of hydrogen-bond donors (Lipinski definition) is 0. The molecule has 6 nitrogen and oxygen atoms in total. The highest BCUT2D eigenvalue weighted by molar-refractivity contribution is 7.92. The van der Waals surface area contributed by atoms with E-state index in [1.807, 2.05) is 103 Å². The monoisotopic (exact) mass is 764 g/mol. The number of aromatic nitrogens is 4. The van der Waals surface area contributed by atoms with Crippen LogP contribution in [0.3, 0.4) is 0 Å². The maximum atomic E-state index is 13.9. The van der Waals surface area contributed by atoms with Gasteiger partial charge < -0.3 is 4.57 Å². The molecule has 58 heavy (non-hydrogen) atoms. The Bertz CT molecular complexity index is 3280. The molecule has 0 radical (unpaired) electrons. The average molecular weight is 765 g/mol. The molecule has 274 valence electrons. The summed E-state index contributed by atoms with van der Waals surface area (Å²) >= 11 is 0. The van der Waals surface area contributed by atoms with Crippen molar-refractivity contribution < 1.29 is 8.42 Å². The van der Waals surface area contributed by atoms with Crippen LogP contribution in [0.2, 0.25) is 0 Å². The van der Waals surface area contributed by atoms with E-state index in [0.29, 0.717) is 32.8 Å². The zero-order valence-corrected chi connectivity index (χ0v) is 31.8. The van der Waals surface area contributed by atoms with Gasteiger partial charge in [-0.1, -0.05) is 158 Å². The first-order valence-corrected chi connectivity index (χ1v) is 20.6. The summed E-state index contributed by atoms with van der Waals surface area (Å²) in [6.07, 6.45) is 0. The topological polar surface area (TPSA) is 77.7 Å². The molecule has 3 heterocycles. The maximum absolute atomic E-state index is 13.9. The fourth-order valence-electron chi connectivity index (χ4n) is 8.29. The molecular formula is C51H32N4O2S. The molecule has 10 aromatic rings. The Labute approximate surface area is 335 Å². The van der Waals surface area contributed by atoms with Gasteiger partial charge in [-0.05, 0) is 53.1 Å². The van der Waals surface area contributed by atoms with E-state index in [4.69, 9.17) is 15.0 Å². The lowest BCUT2D eigenvalue weighted by molar-refractivity contribution is 0.599. The summed E-state index contributed by atoms with van der Waals surface area (Å²) < 4.78 is 30.1. The molecule has 8 aromatic carbocycles. The molecule has 0 unspecified atom stereocenters. The molecule has 2 aromatic heterocycles. The third-order valence-corrected chi connectivity index (χ3v) is 12.9. The van der Waals surface area contributed by atoms with E-state index in [-0.39, 0.29) is 0 Å². The van der Waals surface area contributed by atoms with Gasteiger partial charge in [0.25, 0.3) is 0 Å². The van der Waals surface area contributed by atoms with Crippen LogP contribution >= 0.6 is 0 Å². The van der Waals surface area contributed by atoms with Gasteiger partial charge in [0.2, 0.25) is 9.84 Å². The summed E-state index contributed by atoms with van der Waals surface area (Å²) in [6, 6.07) is 64.6. The number of fused-ring (bicyclic) bond motifs is 6. The molecule has 0 atom stereocenters. The molecular weight excluding hydrogens is 733 g/mol. The van der Waals surface area contributed by atoms with Crippen LogP contribution in [0, 0.1) is 0 Å². The summed E-state index contributed by atoms with van der Waals surface area (Å²) in [5.41, 5.74) is 11.1. The molecule has 1 aliphatic rings. The van der Waals surface area contributed by atoms with Crippen molar-refractivity contribution in [2.75, 3.05) is 0 Å². The number of benzene rings is 8. The summed E-state index contributed by atoms with van der Waals surface area (Å²) in [7, 11) is -3.67. The minimum atomic E-state index is -3.67. The Hall–Kier alpha value is -7.48.